The van der Waals surface area contributed by atoms with Crippen molar-refractivity contribution < 1.29 is 27.5 Å². The van der Waals surface area contributed by atoms with Crippen molar-refractivity contribution in [3.8, 4) is 0 Å². The summed E-state index contributed by atoms with van der Waals surface area (Å²) in [4.78, 5) is 25.1. The van der Waals surface area contributed by atoms with Crippen LogP contribution in [0.3, 0.4) is 0 Å². The lowest BCUT2D eigenvalue weighted by atomic mass is 9.84. The Bertz CT molecular complexity index is 461. The van der Waals surface area contributed by atoms with Gasteiger partial charge in [0.05, 0.1) is 5.41 Å². The van der Waals surface area contributed by atoms with Crippen LogP contribution in [0.2, 0.25) is 0 Å². The standard InChI is InChI=1S/C15H25F3N2O3/c1-10-7-20(8-13(10,2)3)11(21)6-19-12(22)23-9-14(4,5)15(16,17)18/h10H,6-9H2,1-5H3,(H,19,22). The van der Waals surface area contributed by atoms with E-state index in [2.05, 4.69) is 23.9 Å². The van der Waals surface area contributed by atoms with Crippen molar-refractivity contribution in [3.05, 3.63) is 0 Å². The second-order valence-electron chi connectivity index (χ2n) is 7.48. The number of hydrogen-bond acceptors (Lipinski definition) is 3. The van der Waals surface area contributed by atoms with Crippen molar-refractivity contribution in [3.63, 3.8) is 0 Å². The summed E-state index contributed by atoms with van der Waals surface area (Å²) in [5.41, 5.74) is -2.13. The number of carbonyl (C=O) groups excluding carboxylic acids is 2. The number of halogens is 3. The topological polar surface area (TPSA) is 58.6 Å². The van der Waals surface area contributed by atoms with Gasteiger partial charge in [-0.3, -0.25) is 4.79 Å². The minimum Gasteiger partial charge on any atom is -0.449 e. The first-order valence-corrected chi connectivity index (χ1v) is 7.51. The van der Waals surface area contributed by atoms with Gasteiger partial charge in [-0.25, -0.2) is 4.79 Å². The summed E-state index contributed by atoms with van der Waals surface area (Å²) in [6.45, 7) is 8.16. The molecule has 1 aliphatic heterocycles. The molecule has 0 radical (unpaired) electrons. The second kappa shape index (κ2) is 6.57. The highest BCUT2D eigenvalue weighted by atomic mass is 19.4. The van der Waals surface area contributed by atoms with Crippen LogP contribution < -0.4 is 5.32 Å². The maximum absolute atomic E-state index is 12.6. The molecule has 1 fully saturated rings. The summed E-state index contributed by atoms with van der Waals surface area (Å²) >= 11 is 0. The van der Waals surface area contributed by atoms with Gasteiger partial charge in [0.2, 0.25) is 5.91 Å². The van der Waals surface area contributed by atoms with Crippen molar-refractivity contribution >= 4 is 12.0 Å². The van der Waals surface area contributed by atoms with E-state index in [9.17, 15) is 22.8 Å². The molecule has 1 saturated heterocycles. The molecule has 0 aliphatic carbocycles. The fraction of sp³-hybridized carbons (Fsp3) is 0.867. The predicted molar refractivity (Wildman–Crippen MR) is 78.7 cm³/mol. The number of rotatable bonds is 4. The zero-order chi connectivity index (χ0) is 18.1. The Morgan fingerprint density at radius 2 is 1.87 bits per heavy atom. The maximum Gasteiger partial charge on any atom is 0.407 e. The Hall–Kier alpha value is -1.47. The molecular formula is C15H25F3N2O3. The highest BCUT2D eigenvalue weighted by Gasteiger charge is 2.48. The zero-order valence-electron chi connectivity index (χ0n) is 14.2. The van der Waals surface area contributed by atoms with Crippen molar-refractivity contribution in [1.29, 1.82) is 0 Å². The van der Waals surface area contributed by atoms with Crippen LogP contribution in [0.15, 0.2) is 0 Å². The summed E-state index contributed by atoms with van der Waals surface area (Å²) in [6.07, 6.45) is -5.50. The molecule has 1 N–H and O–H groups in total. The molecule has 0 spiro atoms. The molecule has 23 heavy (non-hydrogen) atoms. The smallest absolute Gasteiger partial charge is 0.407 e. The minimum absolute atomic E-state index is 0.00685. The van der Waals surface area contributed by atoms with Crippen LogP contribution in [0.5, 0.6) is 0 Å². The van der Waals surface area contributed by atoms with Crippen LogP contribution in [-0.4, -0.2) is 49.3 Å². The normalized spacial score (nSPS) is 21.2. The zero-order valence-corrected chi connectivity index (χ0v) is 14.2. The fourth-order valence-electron chi connectivity index (χ4n) is 2.12. The van der Waals surface area contributed by atoms with Crippen molar-refractivity contribution in [2.24, 2.45) is 16.7 Å². The van der Waals surface area contributed by atoms with Gasteiger partial charge in [0.15, 0.2) is 0 Å². The molecule has 1 unspecified atom stereocenters. The third-order valence-electron chi connectivity index (χ3n) is 4.49. The summed E-state index contributed by atoms with van der Waals surface area (Å²) < 4.78 is 42.5. The molecule has 8 heteroatoms. The number of ether oxygens (including phenoxy) is 1. The number of nitrogens with one attached hydrogen (secondary N) is 1. The van der Waals surface area contributed by atoms with Crippen LogP contribution in [0.25, 0.3) is 0 Å². The Kier molecular flexibility index (Phi) is 5.59. The van der Waals surface area contributed by atoms with Crippen LogP contribution in [-0.2, 0) is 9.53 Å². The van der Waals surface area contributed by atoms with Crippen molar-refractivity contribution in [1.82, 2.24) is 10.2 Å². The lowest BCUT2D eigenvalue weighted by molar-refractivity contribution is -0.221. The predicted octanol–water partition coefficient (Wildman–Crippen LogP) is 2.81. The molecule has 1 aliphatic rings. The Balaban J connectivity index is 2.39. The van der Waals surface area contributed by atoms with Crippen LogP contribution in [0.4, 0.5) is 18.0 Å². The number of nitrogens with zero attached hydrogens (tertiary/aromatic N) is 1. The van der Waals surface area contributed by atoms with E-state index in [1.54, 1.807) is 4.90 Å². The van der Waals surface area contributed by atoms with Crippen LogP contribution in [0, 0.1) is 16.7 Å². The van der Waals surface area contributed by atoms with Gasteiger partial charge in [0.1, 0.15) is 13.2 Å². The number of alkyl carbamates (subject to hydrolysis) is 1. The number of hydrogen-bond donors (Lipinski definition) is 1. The van der Waals surface area contributed by atoms with Crippen molar-refractivity contribution in [2.75, 3.05) is 26.2 Å². The van der Waals surface area contributed by atoms with Gasteiger partial charge < -0.3 is 15.0 Å². The highest BCUT2D eigenvalue weighted by Crippen LogP contribution is 2.37. The van der Waals surface area contributed by atoms with Crippen molar-refractivity contribution in [2.45, 2.75) is 40.8 Å². The average Bonchev–Trinajstić information content (AvgIpc) is 2.66. The van der Waals surface area contributed by atoms with E-state index in [-0.39, 0.29) is 17.9 Å². The first kappa shape index (κ1) is 19.6. The molecular weight excluding hydrogens is 313 g/mol. The Morgan fingerprint density at radius 1 is 1.30 bits per heavy atom. The molecule has 0 saturated carbocycles. The van der Waals surface area contributed by atoms with Crippen LogP contribution >= 0.6 is 0 Å². The van der Waals surface area contributed by atoms with E-state index < -0.39 is 24.3 Å². The van der Waals surface area contributed by atoms with Gasteiger partial charge >= 0.3 is 12.3 Å². The molecule has 0 bridgehead atoms. The minimum atomic E-state index is -4.47. The molecule has 1 atom stereocenters. The molecule has 134 valence electrons. The Labute approximate surface area is 134 Å². The number of amides is 2. The molecule has 1 heterocycles. The van der Waals surface area contributed by atoms with E-state index in [1.165, 1.54) is 0 Å². The maximum atomic E-state index is 12.6. The van der Waals surface area contributed by atoms with Gasteiger partial charge in [0.25, 0.3) is 0 Å². The number of carbonyl (C=O) groups is 2. The molecule has 5 nitrogen and oxygen atoms in total. The largest absolute Gasteiger partial charge is 0.449 e. The molecule has 0 aromatic carbocycles. The molecule has 2 amide bonds. The van der Waals surface area contributed by atoms with E-state index in [1.807, 2.05) is 6.92 Å². The first-order valence-electron chi connectivity index (χ1n) is 7.51. The van der Waals surface area contributed by atoms with Gasteiger partial charge in [-0.1, -0.05) is 20.8 Å². The Morgan fingerprint density at radius 3 is 2.30 bits per heavy atom. The van der Waals surface area contributed by atoms with E-state index in [4.69, 9.17) is 0 Å². The molecule has 0 aromatic rings. The fourth-order valence-corrected chi connectivity index (χ4v) is 2.12. The highest BCUT2D eigenvalue weighted by molar-refractivity contribution is 5.82. The second-order valence-corrected chi connectivity index (χ2v) is 7.48. The van der Waals surface area contributed by atoms with E-state index in [0.29, 0.717) is 19.0 Å². The third-order valence-corrected chi connectivity index (χ3v) is 4.49. The van der Waals surface area contributed by atoms with Gasteiger partial charge in [-0.05, 0) is 25.2 Å². The van der Waals surface area contributed by atoms with E-state index in [0.717, 1.165) is 13.8 Å². The lowest BCUT2D eigenvalue weighted by Crippen LogP contribution is -2.42. The lowest BCUT2D eigenvalue weighted by Gasteiger charge is -2.27. The summed E-state index contributed by atoms with van der Waals surface area (Å²) in [7, 11) is 0. The van der Waals surface area contributed by atoms with E-state index >= 15 is 0 Å². The van der Waals surface area contributed by atoms with Crippen LogP contribution in [0.1, 0.15) is 34.6 Å². The first-order chi connectivity index (χ1) is 10.3. The van der Waals surface area contributed by atoms with Gasteiger partial charge in [0, 0.05) is 13.1 Å². The average molecular weight is 338 g/mol. The molecule has 1 rings (SSSR count). The molecule has 0 aromatic heterocycles. The summed E-state index contributed by atoms with van der Waals surface area (Å²) in [5, 5.41) is 2.21. The van der Waals surface area contributed by atoms with Gasteiger partial charge in [-0.15, -0.1) is 0 Å². The third kappa shape index (κ3) is 5.00. The summed E-state index contributed by atoms with van der Waals surface area (Å²) in [6, 6.07) is 0. The number of alkyl halides is 3. The SMILES string of the molecule is CC1CN(C(=O)CNC(=O)OCC(C)(C)C(F)(F)F)CC1(C)C. The monoisotopic (exact) mass is 338 g/mol. The quantitative estimate of drug-likeness (QED) is 0.857. The van der Waals surface area contributed by atoms with Gasteiger partial charge in [-0.2, -0.15) is 13.2 Å². The summed E-state index contributed by atoms with van der Waals surface area (Å²) in [5.74, 6) is 0.0699. The number of likely N-dealkylation sites (tertiary alicyclic amines) is 1.